The Morgan fingerprint density at radius 3 is 2.11 bits per heavy atom. The zero-order valence-corrected chi connectivity index (χ0v) is 17.1. The second kappa shape index (κ2) is 8.74. The summed E-state index contributed by atoms with van der Waals surface area (Å²) in [5.74, 6) is 1.81. The predicted octanol–water partition coefficient (Wildman–Crippen LogP) is 6.92. The number of fused-ring (bicyclic) bond motifs is 1. The fourth-order valence-corrected chi connectivity index (χ4v) is 5.60. The van der Waals surface area contributed by atoms with E-state index in [1.54, 1.807) is 34.9 Å². The van der Waals surface area contributed by atoms with Gasteiger partial charge in [0, 0.05) is 11.5 Å². The molecule has 0 saturated heterocycles. The molecule has 0 amide bonds. The van der Waals surface area contributed by atoms with E-state index < -0.39 is 0 Å². The van der Waals surface area contributed by atoms with Crippen molar-refractivity contribution in [1.82, 2.24) is 10.2 Å². The normalized spacial score (nSPS) is 11.0. The summed E-state index contributed by atoms with van der Waals surface area (Å²) in [5.41, 5.74) is 3.74. The Labute approximate surface area is 171 Å². The van der Waals surface area contributed by atoms with Crippen molar-refractivity contribution in [2.45, 2.75) is 20.2 Å². The number of benzene rings is 3. The fraction of sp³-hybridized carbons (Fsp3) is 0.0909. The van der Waals surface area contributed by atoms with E-state index in [1.807, 2.05) is 6.08 Å². The highest BCUT2D eigenvalue weighted by molar-refractivity contribution is 8.02. The molecule has 0 fully saturated rings. The van der Waals surface area contributed by atoms with Crippen LogP contribution in [0.15, 0.2) is 82.0 Å². The van der Waals surface area contributed by atoms with E-state index in [9.17, 15) is 0 Å². The number of hydrogen-bond acceptors (Lipinski definition) is 5. The molecule has 0 atom stereocenters. The maximum Gasteiger partial charge on any atom is 0.175 e. The molecule has 2 nitrogen and oxygen atoms in total. The molecular formula is C22H18N2S3. The van der Waals surface area contributed by atoms with Gasteiger partial charge in [0.1, 0.15) is 0 Å². The molecule has 4 aromatic rings. The molecule has 1 heterocycles. The van der Waals surface area contributed by atoms with Gasteiger partial charge in [-0.1, -0.05) is 114 Å². The van der Waals surface area contributed by atoms with Crippen molar-refractivity contribution in [1.29, 1.82) is 0 Å². The second-order valence-corrected chi connectivity index (χ2v) is 9.46. The molecule has 3 aromatic carbocycles. The molecule has 0 radical (unpaired) electrons. The van der Waals surface area contributed by atoms with Crippen LogP contribution in [0, 0.1) is 0 Å². The molecule has 0 bridgehead atoms. The minimum Gasteiger partial charge on any atom is -0.131 e. The molecule has 27 heavy (non-hydrogen) atoms. The molecule has 1 aromatic heterocycles. The zero-order chi connectivity index (χ0) is 18.5. The van der Waals surface area contributed by atoms with Crippen molar-refractivity contribution >= 4 is 51.7 Å². The van der Waals surface area contributed by atoms with Crippen LogP contribution in [0.2, 0.25) is 0 Å². The summed E-state index contributed by atoms with van der Waals surface area (Å²) in [7, 11) is 0. The van der Waals surface area contributed by atoms with Crippen molar-refractivity contribution in [2.24, 2.45) is 0 Å². The van der Waals surface area contributed by atoms with Crippen LogP contribution in [0.4, 0.5) is 0 Å². The van der Waals surface area contributed by atoms with Gasteiger partial charge in [0.15, 0.2) is 8.68 Å². The standard InChI is InChI=1S/C22H18N2S3/c1-2-16-7-9-17(10-8-16)14-25-21-23-24-22(27-21)26-15-18-11-12-19-5-3-4-6-20(19)13-18/h2-13H,1,14-15H2. The van der Waals surface area contributed by atoms with Crippen LogP contribution in [-0.2, 0) is 11.5 Å². The van der Waals surface area contributed by atoms with Crippen LogP contribution >= 0.6 is 34.9 Å². The van der Waals surface area contributed by atoms with Crippen molar-refractivity contribution in [2.75, 3.05) is 0 Å². The average Bonchev–Trinajstić information content (AvgIpc) is 3.19. The van der Waals surface area contributed by atoms with Crippen molar-refractivity contribution < 1.29 is 0 Å². The van der Waals surface area contributed by atoms with Crippen LogP contribution in [0.1, 0.15) is 16.7 Å². The highest BCUT2D eigenvalue weighted by Crippen LogP contribution is 2.32. The number of hydrogen-bond donors (Lipinski definition) is 0. The van der Waals surface area contributed by atoms with E-state index in [0.29, 0.717) is 0 Å². The van der Waals surface area contributed by atoms with Crippen LogP contribution in [0.3, 0.4) is 0 Å². The first-order chi connectivity index (χ1) is 13.3. The van der Waals surface area contributed by atoms with Gasteiger partial charge in [-0.2, -0.15) is 0 Å². The summed E-state index contributed by atoms with van der Waals surface area (Å²) in [5, 5.41) is 11.2. The molecule has 0 aliphatic rings. The van der Waals surface area contributed by atoms with Crippen LogP contribution in [-0.4, -0.2) is 10.2 Å². The third kappa shape index (κ3) is 4.80. The van der Waals surface area contributed by atoms with Crippen molar-refractivity contribution in [3.8, 4) is 0 Å². The van der Waals surface area contributed by atoms with Gasteiger partial charge in [0.05, 0.1) is 0 Å². The lowest BCUT2D eigenvalue weighted by Crippen LogP contribution is -1.81. The van der Waals surface area contributed by atoms with Crippen LogP contribution in [0.25, 0.3) is 16.8 Å². The van der Waals surface area contributed by atoms with E-state index in [2.05, 4.69) is 83.5 Å². The van der Waals surface area contributed by atoms with E-state index in [1.165, 1.54) is 21.9 Å². The van der Waals surface area contributed by atoms with E-state index in [4.69, 9.17) is 0 Å². The molecule has 0 N–H and O–H groups in total. The summed E-state index contributed by atoms with van der Waals surface area (Å²) < 4.78 is 2.04. The quantitative estimate of drug-likeness (QED) is 0.311. The molecule has 0 saturated carbocycles. The topological polar surface area (TPSA) is 25.8 Å². The van der Waals surface area contributed by atoms with Crippen LogP contribution < -0.4 is 0 Å². The maximum atomic E-state index is 4.33. The zero-order valence-electron chi connectivity index (χ0n) is 14.7. The highest BCUT2D eigenvalue weighted by Gasteiger charge is 2.07. The Hall–Kier alpha value is -2.08. The van der Waals surface area contributed by atoms with E-state index >= 15 is 0 Å². The SMILES string of the molecule is C=Cc1ccc(CSc2nnc(SCc3ccc4ccccc4c3)s2)cc1. The third-order valence-corrected chi connectivity index (χ3v) is 7.47. The molecule has 0 aliphatic carbocycles. The Kier molecular flexibility index (Phi) is 5.92. The smallest absolute Gasteiger partial charge is 0.131 e. The summed E-state index contributed by atoms with van der Waals surface area (Å²) in [6.45, 7) is 3.79. The Morgan fingerprint density at radius 1 is 0.778 bits per heavy atom. The lowest BCUT2D eigenvalue weighted by molar-refractivity contribution is 0.954. The lowest BCUT2D eigenvalue weighted by atomic mass is 10.1. The lowest BCUT2D eigenvalue weighted by Gasteiger charge is -2.02. The Bertz CT molecular complexity index is 1050. The van der Waals surface area contributed by atoms with Gasteiger partial charge >= 0.3 is 0 Å². The van der Waals surface area contributed by atoms with Gasteiger partial charge < -0.3 is 0 Å². The van der Waals surface area contributed by atoms with Gasteiger partial charge in [-0.3, -0.25) is 0 Å². The van der Waals surface area contributed by atoms with Crippen molar-refractivity contribution in [3.05, 3.63) is 90.0 Å². The molecule has 134 valence electrons. The fourth-order valence-electron chi connectivity index (χ4n) is 2.68. The first-order valence-electron chi connectivity index (χ1n) is 8.58. The van der Waals surface area contributed by atoms with Gasteiger partial charge in [0.25, 0.3) is 0 Å². The highest BCUT2D eigenvalue weighted by atomic mass is 32.2. The summed E-state index contributed by atoms with van der Waals surface area (Å²) >= 11 is 5.16. The third-order valence-electron chi connectivity index (χ3n) is 4.14. The maximum absolute atomic E-state index is 4.33. The minimum absolute atomic E-state index is 0.904. The van der Waals surface area contributed by atoms with E-state index in [0.717, 1.165) is 25.7 Å². The molecular weight excluding hydrogens is 388 g/mol. The molecule has 0 unspecified atom stereocenters. The van der Waals surface area contributed by atoms with E-state index in [-0.39, 0.29) is 0 Å². The van der Waals surface area contributed by atoms with Gasteiger partial charge in [0.2, 0.25) is 0 Å². The second-order valence-electron chi connectivity index (χ2n) is 6.04. The van der Waals surface area contributed by atoms with Gasteiger partial charge in [-0.25, -0.2) is 0 Å². The number of rotatable bonds is 7. The summed E-state index contributed by atoms with van der Waals surface area (Å²) in [6.07, 6.45) is 1.86. The summed E-state index contributed by atoms with van der Waals surface area (Å²) in [4.78, 5) is 0. The van der Waals surface area contributed by atoms with Crippen LogP contribution in [0.5, 0.6) is 0 Å². The molecule has 0 aliphatic heterocycles. The molecule has 0 spiro atoms. The first-order valence-corrected chi connectivity index (χ1v) is 11.4. The Balaban J connectivity index is 1.33. The number of nitrogens with zero attached hydrogens (tertiary/aromatic N) is 2. The predicted molar refractivity (Wildman–Crippen MR) is 120 cm³/mol. The first kappa shape index (κ1) is 18.3. The monoisotopic (exact) mass is 406 g/mol. The largest absolute Gasteiger partial charge is 0.175 e. The average molecular weight is 407 g/mol. The number of thioether (sulfide) groups is 2. The summed E-state index contributed by atoms with van der Waals surface area (Å²) in [6, 6.07) is 23.6. The van der Waals surface area contributed by atoms with Gasteiger partial charge in [-0.05, 0) is 27.5 Å². The van der Waals surface area contributed by atoms with Crippen molar-refractivity contribution in [3.63, 3.8) is 0 Å². The molecule has 4 rings (SSSR count). The van der Waals surface area contributed by atoms with Gasteiger partial charge in [-0.15, -0.1) is 10.2 Å². The molecule has 5 heteroatoms. The number of aromatic nitrogens is 2. The minimum atomic E-state index is 0.904. The Morgan fingerprint density at radius 2 is 1.41 bits per heavy atom.